The van der Waals surface area contributed by atoms with Crippen LogP contribution in [0.5, 0.6) is 0 Å². The van der Waals surface area contributed by atoms with E-state index in [1.807, 2.05) is 47.7 Å². The fourth-order valence-electron chi connectivity index (χ4n) is 3.88. The van der Waals surface area contributed by atoms with Gasteiger partial charge in [-0.15, -0.1) is 11.8 Å². The summed E-state index contributed by atoms with van der Waals surface area (Å²) in [7, 11) is 0. The van der Waals surface area contributed by atoms with Gasteiger partial charge in [0, 0.05) is 34.3 Å². The molecule has 2 aromatic carbocycles. The van der Waals surface area contributed by atoms with Crippen LogP contribution in [-0.2, 0) is 11.3 Å². The highest BCUT2D eigenvalue weighted by atomic mass is 35.5. The van der Waals surface area contributed by atoms with E-state index in [0.717, 1.165) is 31.6 Å². The van der Waals surface area contributed by atoms with Gasteiger partial charge in [0.15, 0.2) is 5.13 Å². The minimum Gasteiger partial charge on any atom is -0.286 e. The summed E-state index contributed by atoms with van der Waals surface area (Å²) < 4.78 is 3.07. The van der Waals surface area contributed by atoms with Gasteiger partial charge >= 0.3 is 0 Å². The van der Waals surface area contributed by atoms with Gasteiger partial charge < -0.3 is 0 Å². The highest BCUT2D eigenvalue weighted by molar-refractivity contribution is 7.99. The first-order chi connectivity index (χ1) is 16.3. The molecule has 0 aliphatic heterocycles. The molecule has 0 radical (unpaired) electrons. The van der Waals surface area contributed by atoms with Crippen LogP contribution in [0.25, 0.3) is 10.2 Å². The average Bonchev–Trinajstić information content (AvgIpc) is 3.37. The Morgan fingerprint density at radius 2 is 1.94 bits per heavy atom. The molecule has 178 valence electrons. The molecule has 0 spiro atoms. The molecule has 0 unspecified atom stereocenters. The summed E-state index contributed by atoms with van der Waals surface area (Å²) in [6.45, 7) is 9.54. The van der Waals surface area contributed by atoms with Gasteiger partial charge in [0.25, 0.3) is 0 Å². The Kier molecular flexibility index (Phi) is 7.96. The number of thioether (sulfide) groups is 1. The van der Waals surface area contributed by atoms with Gasteiger partial charge in [0.2, 0.25) is 5.91 Å². The molecule has 5 nitrogen and oxygen atoms in total. The third-order valence-electron chi connectivity index (χ3n) is 5.63. The molecule has 0 bridgehead atoms. The van der Waals surface area contributed by atoms with E-state index in [1.54, 1.807) is 23.1 Å². The van der Waals surface area contributed by atoms with Crippen LogP contribution in [0.3, 0.4) is 0 Å². The van der Waals surface area contributed by atoms with Crippen molar-refractivity contribution in [3.8, 4) is 0 Å². The summed E-state index contributed by atoms with van der Waals surface area (Å²) in [5, 5.41) is 6.04. The van der Waals surface area contributed by atoms with Gasteiger partial charge in [-0.3, -0.25) is 14.4 Å². The largest absolute Gasteiger partial charge is 0.286 e. The second-order valence-electron chi connectivity index (χ2n) is 8.59. The van der Waals surface area contributed by atoms with Crippen molar-refractivity contribution >= 4 is 56.0 Å². The van der Waals surface area contributed by atoms with Crippen molar-refractivity contribution in [2.75, 3.05) is 17.2 Å². The predicted octanol–water partition coefficient (Wildman–Crippen LogP) is 7.10. The number of carbonyl (C=O) groups excluding carboxylic acids is 1. The summed E-state index contributed by atoms with van der Waals surface area (Å²) in [4.78, 5) is 21.3. The van der Waals surface area contributed by atoms with Gasteiger partial charge in [-0.2, -0.15) is 5.10 Å². The number of halogens is 1. The number of para-hydroxylation sites is 1. The molecule has 1 amide bonds. The number of rotatable bonds is 9. The van der Waals surface area contributed by atoms with Crippen molar-refractivity contribution in [3.63, 3.8) is 0 Å². The molecule has 0 N–H and O–H groups in total. The van der Waals surface area contributed by atoms with Crippen LogP contribution >= 0.6 is 34.7 Å². The lowest BCUT2D eigenvalue weighted by atomic mass is 10.0. The normalized spacial score (nSPS) is 11.5. The van der Waals surface area contributed by atoms with Crippen LogP contribution in [-0.4, -0.2) is 33.0 Å². The van der Waals surface area contributed by atoms with Crippen molar-refractivity contribution in [3.05, 3.63) is 70.5 Å². The third kappa shape index (κ3) is 5.82. The molecule has 4 aromatic rings. The predicted molar refractivity (Wildman–Crippen MR) is 145 cm³/mol. The molecule has 0 saturated carbocycles. The molecule has 0 saturated heterocycles. The number of amides is 1. The Hall–Kier alpha value is -2.35. The number of thiazole rings is 1. The zero-order valence-electron chi connectivity index (χ0n) is 19.9. The van der Waals surface area contributed by atoms with Crippen molar-refractivity contribution in [1.82, 2.24) is 14.8 Å². The number of benzene rings is 2. The Bertz CT molecular complexity index is 1280. The summed E-state index contributed by atoms with van der Waals surface area (Å²) >= 11 is 9.23. The fraction of sp³-hybridized carbons (Fsp3) is 0.346. The van der Waals surface area contributed by atoms with Crippen molar-refractivity contribution < 1.29 is 4.79 Å². The number of carbonyl (C=O) groups is 1. The smallest absolute Gasteiger partial charge is 0.229 e. The lowest BCUT2D eigenvalue weighted by Gasteiger charge is -2.20. The average molecular weight is 513 g/mol. The summed E-state index contributed by atoms with van der Waals surface area (Å²) in [5.74, 6) is 1.14. The maximum absolute atomic E-state index is 13.4. The molecule has 0 atom stereocenters. The molecule has 34 heavy (non-hydrogen) atoms. The topological polar surface area (TPSA) is 51.0 Å². The molecular formula is C26H29ClN4OS2. The Morgan fingerprint density at radius 3 is 2.62 bits per heavy atom. The summed E-state index contributed by atoms with van der Waals surface area (Å²) in [5.41, 5.74) is 4.28. The van der Waals surface area contributed by atoms with Crippen molar-refractivity contribution in [1.29, 1.82) is 0 Å². The van der Waals surface area contributed by atoms with E-state index in [1.165, 1.54) is 5.56 Å². The number of hydrogen-bond donors (Lipinski definition) is 0. The lowest BCUT2D eigenvalue weighted by molar-refractivity contribution is -0.118. The van der Waals surface area contributed by atoms with E-state index in [0.29, 0.717) is 36.2 Å². The van der Waals surface area contributed by atoms with Crippen LogP contribution < -0.4 is 4.90 Å². The monoisotopic (exact) mass is 512 g/mol. The van der Waals surface area contributed by atoms with Crippen LogP contribution in [0, 0.1) is 13.8 Å². The zero-order valence-corrected chi connectivity index (χ0v) is 22.3. The molecule has 0 aliphatic carbocycles. The number of fused-ring (bicyclic) bond motifs is 1. The molecule has 8 heteroatoms. The number of hydrogen-bond acceptors (Lipinski definition) is 5. The Labute approximate surface area is 214 Å². The first kappa shape index (κ1) is 24.8. The van der Waals surface area contributed by atoms with Crippen LogP contribution in [0.4, 0.5) is 5.13 Å². The minimum absolute atomic E-state index is 0.0770. The molecular weight excluding hydrogens is 484 g/mol. The number of aryl methyl sites for hydroxylation is 2. The quantitative estimate of drug-likeness (QED) is 0.224. The van der Waals surface area contributed by atoms with Crippen LogP contribution in [0.1, 0.15) is 43.1 Å². The lowest BCUT2D eigenvalue weighted by Crippen LogP contribution is -2.34. The highest BCUT2D eigenvalue weighted by Crippen LogP contribution is 2.34. The number of nitrogens with zero attached hydrogens (tertiary/aromatic N) is 4. The summed E-state index contributed by atoms with van der Waals surface area (Å²) in [6, 6.07) is 16.1. The van der Waals surface area contributed by atoms with E-state index in [4.69, 9.17) is 16.6 Å². The first-order valence-corrected chi connectivity index (χ1v) is 13.6. The van der Waals surface area contributed by atoms with Gasteiger partial charge in [0.05, 0.1) is 22.5 Å². The Balaban J connectivity index is 1.55. The van der Waals surface area contributed by atoms with Gasteiger partial charge in [-0.05, 0) is 61.7 Å². The fourth-order valence-corrected chi connectivity index (χ4v) is 5.90. The highest BCUT2D eigenvalue weighted by Gasteiger charge is 2.21. The van der Waals surface area contributed by atoms with Gasteiger partial charge in [-0.1, -0.05) is 48.9 Å². The standard InChI is InChI=1S/C26H29ClN4OS2/c1-17(2)22-6-5-7-23-25(22)28-26(34-23)30(13-14-31-19(4)16-18(3)29-31)24(32)12-15-33-21-10-8-20(27)9-11-21/h5-11,16-17H,12-15H2,1-4H3. The van der Waals surface area contributed by atoms with Gasteiger partial charge in [-0.25, -0.2) is 4.98 Å². The summed E-state index contributed by atoms with van der Waals surface area (Å²) in [6.07, 6.45) is 0.428. The minimum atomic E-state index is 0.0770. The maximum Gasteiger partial charge on any atom is 0.229 e. The van der Waals surface area contributed by atoms with Crippen molar-refractivity contribution in [2.24, 2.45) is 0 Å². The van der Waals surface area contributed by atoms with Crippen LogP contribution in [0.2, 0.25) is 5.02 Å². The van der Waals surface area contributed by atoms with E-state index in [-0.39, 0.29) is 5.91 Å². The van der Waals surface area contributed by atoms with E-state index >= 15 is 0 Å². The second kappa shape index (κ2) is 10.9. The molecule has 2 aromatic heterocycles. The number of anilines is 1. The molecule has 0 aliphatic rings. The number of aromatic nitrogens is 3. The SMILES string of the molecule is Cc1cc(C)n(CCN(C(=O)CCSc2ccc(Cl)cc2)c2nc3c(C(C)C)cccc3s2)n1. The van der Waals surface area contributed by atoms with E-state index < -0.39 is 0 Å². The zero-order chi connectivity index (χ0) is 24.2. The second-order valence-corrected chi connectivity index (χ2v) is 11.2. The molecule has 0 fully saturated rings. The molecule has 2 heterocycles. The van der Waals surface area contributed by atoms with Crippen molar-refractivity contribution in [2.45, 2.75) is 51.5 Å². The maximum atomic E-state index is 13.4. The Morgan fingerprint density at radius 1 is 1.18 bits per heavy atom. The third-order valence-corrected chi connectivity index (χ3v) is 7.94. The van der Waals surface area contributed by atoms with Crippen LogP contribution in [0.15, 0.2) is 53.4 Å². The van der Waals surface area contributed by atoms with Gasteiger partial charge in [0.1, 0.15) is 0 Å². The molecule has 4 rings (SSSR count). The van der Waals surface area contributed by atoms with E-state index in [9.17, 15) is 4.79 Å². The van der Waals surface area contributed by atoms with E-state index in [2.05, 4.69) is 43.2 Å². The first-order valence-electron chi connectivity index (χ1n) is 11.4.